The van der Waals surface area contributed by atoms with Gasteiger partial charge in [0.1, 0.15) is 0 Å². The molecule has 4 heteroatoms. The van der Waals surface area contributed by atoms with E-state index in [0.29, 0.717) is 0 Å². The van der Waals surface area contributed by atoms with Crippen molar-refractivity contribution >= 4 is 5.91 Å². The topological polar surface area (TPSA) is 35.6 Å². The normalized spacial score (nSPS) is 19.5. The molecule has 1 rings (SSSR count). The van der Waals surface area contributed by atoms with Crippen molar-refractivity contribution in [3.8, 4) is 0 Å². The van der Waals surface area contributed by atoms with E-state index in [4.69, 9.17) is 0 Å². The SMILES string of the molecule is CC(=O)NCCN1CCC(N(C)C)CC1. The first kappa shape index (κ1) is 12.5. The number of piperidine rings is 1. The van der Waals surface area contributed by atoms with E-state index < -0.39 is 0 Å². The summed E-state index contributed by atoms with van der Waals surface area (Å²) in [6.45, 7) is 5.64. The Bertz CT molecular complexity index is 198. The van der Waals surface area contributed by atoms with E-state index in [1.807, 2.05) is 0 Å². The van der Waals surface area contributed by atoms with Crippen LogP contribution in [-0.2, 0) is 4.79 Å². The molecule has 0 spiro atoms. The van der Waals surface area contributed by atoms with E-state index in [1.54, 1.807) is 6.92 Å². The molecule has 1 aliphatic rings. The van der Waals surface area contributed by atoms with Gasteiger partial charge in [-0.3, -0.25) is 4.79 Å². The molecule has 1 fully saturated rings. The molecule has 1 aliphatic heterocycles. The maximum absolute atomic E-state index is 10.7. The largest absolute Gasteiger partial charge is 0.355 e. The lowest BCUT2D eigenvalue weighted by Gasteiger charge is -2.35. The third-order valence-corrected chi connectivity index (χ3v) is 3.09. The average Bonchev–Trinajstić information content (AvgIpc) is 2.18. The van der Waals surface area contributed by atoms with Gasteiger partial charge in [0.05, 0.1) is 0 Å². The molecule has 88 valence electrons. The second kappa shape index (κ2) is 6.08. The molecular weight excluding hydrogens is 190 g/mol. The van der Waals surface area contributed by atoms with E-state index in [2.05, 4.69) is 29.2 Å². The molecular formula is C11H23N3O. The van der Waals surface area contributed by atoms with E-state index in [1.165, 1.54) is 12.8 Å². The zero-order chi connectivity index (χ0) is 11.3. The molecule has 4 nitrogen and oxygen atoms in total. The van der Waals surface area contributed by atoms with Crippen molar-refractivity contribution in [2.45, 2.75) is 25.8 Å². The maximum atomic E-state index is 10.7. The number of hydrogen-bond acceptors (Lipinski definition) is 3. The molecule has 0 unspecified atom stereocenters. The lowest BCUT2D eigenvalue weighted by molar-refractivity contribution is -0.119. The summed E-state index contributed by atoms with van der Waals surface area (Å²) in [5.74, 6) is 0.0678. The summed E-state index contributed by atoms with van der Waals surface area (Å²) in [4.78, 5) is 15.4. The number of rotatable bonds is 4. The van der Waals surface area contributed by atoms with Gasteiger partial charge in [-0.25, -0.2) is 0 Å². The van der Waals surface area contributed by atoms with Crippen molar-refractivity contribution in [2.75, 3.05) is 40.3 Å². The number of nitrogens with one attached hydrogen (secondary N) is 1. The van der Waals surface area contributed by atoms with Gasteiger partial charge in [-0.2, -0.15) is 0 Å². The molecule has 0 aromatic rings. The Hall–Kier alpha value is -0.610. The van der Waals surface area contributed by atoms with Crippen molar-refractivity contribution in [1.29, 1.82) is 0 Å². The van der Waals surface area contributed by atoms with Gasteiger partial charge in [0.15, 0.2) is 0 Å². The first-order chi connectivity index (χ1) is 7.09. The van der Waals surface area contributed by atoms with Gasteiger partial charge in [0.25, 0.3) is 0 Å². The molecule has 0 aliphatic carbocycles. The van der Waals surface area contributed by atoms with Gasteiger partial charge in [-0.1, -0.05) is 0 Å². The maximum Gasteiger partial charge on any atom is 0.216 e. The number of hydrogen-bond donors (Lipinski definition) is 1. The minimum Gasteiger partial charge on any atom is -0.355 e. The Labute approximate surface area is 92.6 Å². The van der Waals surface area contributed by atoms with Gasteiger partial charge in [0, 0.05) is 26.1 Å². The molecule has 1 amide bonds. The number of nitrogens with zero attached hydrogens (tertiary/aromatic N) is 2. The molecule has 1 heterocycles. The predicted octanol–water partition coefficient (Wildman–Crippen LogP) is 0.149. The third-order valence-electron chi connectivity index (χ3n) is 3.09. The van der Waals surface area contributed by atoms with Crippen LogP contribution in [0.15, 0.2) is 0 Å². The minimum atomic E-state index is 0.0678. The van der Waals surface area contributed by atoms with Crippen LogP contribution in [0.25, 0.3) is 0 Å². The van der Waals surface area contributed by atoms with Crippen LogP contribution in [0.2, 0.25) is 0 Å². The summed E-state index contributed by atoms with van der Waals surface area (Å²) in [5, 5.41) is 2.84. The summed E-state index contributed by atoms with van der Waals surface area (Å²) in [6, 6.07) is 0.738. The predicted molar refractivity (Wildman–Crippen MR) is 61.8 cm³/mol. The van der Waals surface area contributed by atoms with E-state index in [0.717, 1.165) is 32.2 Å². The summed E-state index contributed by atoms with van der Waals surface area (Å²) < 4.78 is 0. The van der Waals surface area contributed by atoms with Crippen molar-refractivity contribution in [3.63, 3.8) is 0 Å². The highest BCUT2D eigenvalue weighted by Gasteiger charge is 2.19. The van der Waals surface area contributed by atoms with Gasteiger partial charge in [-0.15, -0.1) is 0 Å². The number of carbonyl (C=O) groups is 1. The molecule has 0 saturated carbocycles. The Balaban J connectivity index is 2.12. The number of amides is 1. The third kappa shape index (κ3) is 4.62. The lowest BCUT2D eigenvalue weighted by Crippen LogP contribution is -2.44. The summed E-state index contributed by atoms with van der Waals surface area (Å²) in [6.07, 6.45) is 2.49. The zero-order valence-electron chi connectivity index (χ0n) is 10.1. The number of carbonyl (C=O) groups excluding carboxylic acids is 1. The molecule has 0 aromatic carbocycles. The van der Waals surface area contributed by atoms with Crippen LogP contribution in [0.5, 0.6) is 0 Å². The summed E-state index contributed by atoms with van der Waals surface area (Å²) >= 11 is 0. The average molecular weight is 213 g/mol. The first-order valence-electron chi connectivity index (χ1n) is 5.73. The molecule has 1 N–H and O–H groups in total. The van der Waals surface area contributed by atoms with Gasteiger partial charge >= 0.3 is 0 Å². The summed E-state index contributed by atoms with van der Waals surface area (Å²) in [5.41, 5.74) is 0. The van der Waals surface area contributed by atoms with E-state index >= 15 is 0 Å². The highest BCUT2D eigenvalue weighted by molar-refractivity contribution is 5.72. The second-order valence-electron chi connectivity index (χ2n) is 4.52. The Kier molecular flexibility index (Phi) is 5.05. The molecule has 0 radical (unpaired) electrons. The van der Waals surface area contributed by atoms with Gasteiger partial charge in [-0.05, 0) is 40.0 Å². The zero-order valence-corrected chi connectivity index (χ0v) is 10.1. The van der Waals surface area contributed by atoms with Gasteiger partial charge in [0.2, 0.25) is 5.91 Å². The fraction of sp³-hybridized carbons (Fsp3) is 0.909. The van der Waals surface area contributed by atoms with Crippen LogP contribution in [-0.4, -0.2) is 62.0 Å². The van der Waals surface area contributed by atoms with Crippen LogP contribution in [0.3, 0.4) is 0 Å². The van der Waals surface area contributed by atoms with Crippen molar-refractivity contribution < 1.29 is 4.79 Å². The number of likely N-dealkylation sites (tertiary alicyclic amines) is 1. The Morgan fingerprint density at radius 3 is 2.47 bits per heavy atom. The molecule has 0 aromatic heterocycles. The van der Waals surface area contributed by atoms with Crippen LogP contribution in [0, 0.1) is 0 Å². The van der Waals surface area contributed by atoms with Gasteiger partial charge < -0.3 is 15.1 Å². The molecule has 0 atom stereocenters. The Morgan fingerprint density at radius 1 is 1.40 bits per heavy atom. The fourth-order valence-electron chi connectivity index (χ4n) is 2.05. The smallest absolute Gasteiger partial charge is 0.216 e. The molecule has 15 heavy (non-hydrogen) atoms. The van der Waals surface area contributed by atoms with Crippen LogP contribution >= 0.6 is 0 Å². The molecule has 1 saturated heterocycles. The van der Waals surface area contributed by atoms with E-state index in [-0.39, 0.29) is 5.91 Å². The van der Waals surface area contributed by atoms with Crippen LogP contribution in [0.1, 0.15) is 19.8 Å². The Morgan fingerprint density at radius 2 is 2.00 bits per heavy atom. The fourth-order valence-corrected chi connectivity index (χ4v) is 2.05. The first-order valence-corrected chi connectivity index (χ1v) is 5.73. The molecule has 0 bridgehead atoms. The minimum absolute atomic E-state index is 0.0678. The van der Waals surface area contributed by atoms with Crippen LogP contribution in [0.4, 0.5) is 0 Å². The quantitative estimate of drug-likeness (QED) is 0.722. The van der Waals surface area contributed by atoms with E-state index in [9.17, 15) is 4.79 Å². The van der Waals surface area contributed by atoms with Crippen LogP contribution < -0.4 is 5.32 Å². The standard InChI is InChI=1S/C11H23N3O/c1-10(15)12-6-9-14-7-4-11(5-8-14)13(2)3/h11H,4-9H2,1-3H3,(H,12,15). The highest BCUT2D eigenvalue weighted by Crippen LogP contribution is 2.13. The van der Waals surface area contributed by atoms with Crippen molar-refractivity contribution in [1.82, 2.24) is 15.1 Å². The lowest BCUT2D eigenvalue weighted by atomic mass is 10.0. The monoisotopic (exact) mass is 213 g/mol. The summed E-state index contributed by atoms with van der Waals surface area (Å²) in [7, 11) is 4.30. The van der Waals surface area contributed by atoms with Crippen molar-refractivity contribution in [2.24, 2.45) is 0 Å². The van der Waals surface area contributed by atoms with Crippen molar-refractivity contribution in [3.05, 3.63) is 0 Å². The second-order valence-corrected chi connectivity index (χ2v) is 4.52. The highest BCUT2D eigenvalue weighted by atomic mass is 16.1.